The van der Waals surface area contributed by atoms with Crippen LogP contribution in [0.25, 0.3) is 16.6 Å². The number of aromatic nitrogens is 4. The first-order valence-corrected chi connectivity index (χ1v) is 7.27. The van der Waals surface area contributed by atoms with Crippen LogP contribution in [0.3, 0.4) is 0 Å². The van der Waals surface area contributed by atoms with Crippen molar-refractivity contribution >= 4 is 16.9 Å². The molecule has 0 aliphatic rings. The van der Waals surface area contributed by atoms with Gasteiger partial charge in [-0.1, -0.05) is 18.2 Å². The molecule has 2 N–H and O–H groups in total. The molecule has 2 aromatic heterocycles. The average molecular weight is 307 g/mol. The van der Waals surface area contributed by atoms with Crippen LogP contribution in [0, 0.1) is 5.82 Å². The summed E-state index contributed by atoms with van der Waals surface area (Å²) < 4.78 is 15.7. The lowest BCUT2D eigenvalue weighted by atomic mass is 10.1. The van der Waals surface area contributed by atoms with Crippen LogP contribution in [-0.4, -0.2) is 19.7 Å². The summed E-state index contributed by atoms with van der Waals surface area (Å²) in [5, 5.41) is 8.30. The highest BCUT2D eigenvalue weighted by Crippen LogP contribution is 2.21. The molecule has 0 spiro atoms. The van der Waals surface area contributed by atoms with Gasteiger partial charge in [0.05, 0.1) is 5.69 Å². The number of aromatic amines is 1. The smallest absolute Gasteiger partial charge is 0.242 e. The van der Waals surface area contributed by atoms with E-state index in [0.29, 0.717) is 18.1 Å². The number of hydrogen-bond donors (Lipinski definition) is 2. The average Bonchev–Trinajstić information content (AvgIpc) is 3.24. The van der Waals surface area contributed by atoms with Gasteiger partial charge in [-0.3, -0.25) is 0 Å². The Hall–Kier alpha value is -3.15. The Labute approximate surface area is 131 Å². The topological polar surface area (TPSA) is 58.5 Å². The van der Waals surface area contributed by atoms with E-state index in [9.17, 15) is 4.39 Å². The predicted octanol–water partition coefficient (Wildman–Crippen LogP) is 3.50. The molecule has 0 aliphatic carbocycles. The van der Waals surface area contributed by atoms with Crippen LogP contribution in [-0.2, 0) is 6.54 Å². The van der Waals surface area contributed by atoms with Gasteiger partial charge in [0.1, 0.15) is 12.1 Å². The quantitative estimate of drug-likeness (QED) is 0.606. The van der Waals surface area contributed by atoms with Gasteiger partial charge in [0.2, 0.25) is 5.95 Å². The maximum absolute atomic E-state index is 14.1. The van der Waals surface area contributed by atoms with Crippen molar-refractivity contribution < 1.29 is 4.39 Å². The van der Waals surface area contributed by atoms with E-state index < -0.39 is 0 Å². The van der Waals surface area contributed by atoms with Gasteiger partial charge in [0, 0.05) is 29.2 Å². The standard InChI is InChI=1S/C17H14FN5/c18-15-6-7-16-13(8-9-19-16)14(15)10-20-17-21-11-23(22-17)12-4-2-1-3-5-12/h1-9,11,19H,10H2,(H,20,22). The maximum Gasteiger partial charge on any atom is 0.242 e. The molecule has 0 radical (unpaired) electrons. The minimum Gasteiger partial charge on any atom is -0.361 e. The van der Waals surface area contributed by atoms with Crippen LogP contribution in [0.15, 0.2) is 61.1 Å². The van der Waals surface area contributed by atoms with E-state index in [1.165, 1.54) is 6.07 Å². The van der Waals surface area contributed by atoms with Gasteiger partial charge in [-0.2, -0.15) is 0 Å². The molecule has 4 aromatic rings. The fraction of sp³-hybridized carbons (Fsp3) is 0.0588. The largest absolute Gasteiger partial charge is 0.361 e. The highest BCUT2D eigenvalue weighted by molar-refractivity contribution is 5.83. The Morgan fingerprint density at radius 1 is 1.09 bits per heavy atom. The number of H-pyrrole nitrogens is 1. The number of anilines is 1. The van der Waals surface area contributed by atoms with Gasteiger partial charge < -0.3 is 10.3 Å². The summed E-state index contributed by atoms with van der Waals surface area (Å²) in [7, 11) is 0. The molecule has 0 saturated carbocycles. The normalized spacial score (nSPS) is 11.0. The van der Waals surface area contributed by atoms with Crippen molar-refractivity contribution in [3.05, 3.63) is 72.4 Å². The Bertz CT molecular complexity index is 942. The molecule has 2 aromatic carbocycles. The van der Waals surface area contributed by atoms with E-state index in [1.54, 1.807) is 23.3 Å². The fourth-order valence-electron chi connectivity index (χ4n) is 2.57. The molecule has 23 heavy (non-hydrogen) atoms. The summed E-state index contributed by atoms with van der Waals surface area (Å²) in [5.74, 6) is 0.216. The fourth-order valence-corrected chi connectivity index (χ4v) is 2.57. The summed E-state index contributed by atoms with van der Waals surface area (Å²) >= 11 is 0. The molecule has 0 saturated heterocycles. The van der Waals surface area contributed by atoms with Crippen molar-refractivity contribution in [2.24, 2.45) is 0 Å². The van der Waals surface area contributed by atoms with Crippen molar-refractivity contribution in [2.75, 3.05) is 5.32 Å². The third-order valence-electron chi connectivity index (χ3n) is 3.72. The van der Waals surface area contributed by atoms with Crippen molar-refractivity contribution in [2.45, 2.75) is 6.54 Å². The van der Waals surface area contributed by atoms with Gasteiger partial charge in [-0.25, -0.2) is 14.1 Å². The molecular formula is C17H14FN5. The molecule has 2 heterocycles. The first-order chi connectivity index (χ1) is 11.3. The third-order valence-corrected chi connectivity index (χ3v) is 3.72. The summed E-state index contributed by atoms with van der Waals surface area (Å²) in [5.41, 5.74) is 2.43. The van der Waals surface area contributed by atoms with E-state index in [4.69, 9.17) is 0 Å². The SMILES string of the molecule is Fc1ccc2[nH]ccc2c1CNc1ncn(-c2ccccc2)n1. The predicted molar refractivity (Wildman–Crippen MR) is 86.9 cm³/mol. The number of halogens is 1. The van der Waals surface area contributed by atoms with Crippen molar-refractivity contribution in [1.29, 1.82) is 0 Å². The van der Waals surface area contributed by atoms with E-state index in [0.717, 1.165) is 16.6 Å². The number of para-hydroxylation sites is 1. The number of nitrogens with one attached hydrogen (secondary N) is 2. The number of fused-ring (bicyclic) bond motifs is 1. The van der Waals surface area contributed by atoms with Crippen LogP contribution in [0.2, 0.25) is 0 Å². The van der Waals surface area contributed by atoms with Crippen molar-refractivity contribution in [3.8, 4) is 5.69 Å². The Morgan fingerprint density at radius 2 is 1.96 bits per heavy atom. The lowest BCUT2D eigenvalue weighted by molar-refractivity contribution is 0.615. The van der Waals surface area contributed by atoms with E-state index in [2.05, 4.69) is 20.4 Å². The molecule has 6 heteroatoms. The molecule has 0 bridgehead atoms. The van der Waals surface area contributed by atoms with Crippen molar-refractivity contribution in [3.63, 3.8) is 0 Å². The molecule has 0 fully saturated rings. The number of nitrogens with zero attached hydrogens (tertiary/aromatic N) is 3. The second-order valence-electron chi connectivity index (χ2n) is 5.17. The molecular weight excluding hydrogens is 293 g/mol. The first-order valence-electron chi connectivity index (χ1n) is 7.27. The third kappa shape index (κ3) is 2.55. The minimum atomic E-state index is -0.243. The zero-order chi connectivity index (χ0) is 15.6. The molecule has 5 nitrogen and oxygen atoms in total. The van der Waals surface area contributed by atoms with Gasteiger partial charge >= 0.3 is 0 Å². The second kappa shape index (κ2) is 5.57. The molecule has 0 aliphatic heterocycles. The number of benzene rings is 2. The molecule has 4 rings (SSSR count). The highest BCUT2D eigenvalue weighted by atomic mass is 19.1. The molecule has 0 atom stereocenters. The summed E-state index contributed by atoms with van der Waals surface area (Å²) in [6, 6.07) is 14.8. The van der Waals surface area contributed by atoms with Gasteiger partial charge in [-0.05, 0) is 30.3 Å². The zero-order valence-electron chi connectivity index (χ0n) is 12.2. The number of hydrogen-bond acceptors (Lipinski definition) is 3. The van der Waals surface area contributed by atoms with E-state index >= 15 is 0 Å². The lowest BCUT2D eigenvalue weighted by Crippen LogP contribution is -2.04. The zero-order valence-corrected chi connectivity index (χ0v) is 12.2. The lowest BCUT2D eigenvalue weighted by Gasteiger charge is -2.06. The molecule has 0 unspecified atom stereocenters. The first kappa shape index (κ1) is 13.5. The second-order valence-corrected chi connectivity index (χ2v) is 5.17. The summed E-state index contributed by atoms with van der Waals surface area (Å²) in [4.78, 5) is 7.30. The maximum atomic E-state index is 14.1. The van der Waals surface area contributed by atoms with Crippen LogP contribution >= 0.6 is 0 Å². The summed E-state index contributed by atoms with van der Waals surface area (Å²) in [6.45, 7) is 0.319. The van der Waals surface area contributed by atoms with Gasteiger partial charge in [0.15, 0.2) is 0 Å². The Balaban J connectivity index is 1.56. The van der Waals surface area contributed by atoms with Gasteiger partial charge in [-0.15, -0.1) is 5.10 Å². The van der Waals surface area contributed by atoms with E-state index in [1.807, 2.05) is 36.4 Å². The highest BCUT2D eigenvalue weighted by Gasteiger charge is 2.09. The van der Waals surface area contributed by atoms with Crippen LogP contribution < -0.4 is 5.32 Å². The van der Waals surface area contributed by atoms with Crippen LogP contribution in [0.4, 0.5) is 10.3 Å². The van der Waals surface area contributed by atoms with Crippen LogP contribution in [0.5, 0.6) is 0 Å². The van der Waals surface area contributed by atoms with E-state index in [-0.39, 0.29) is 5.82 Å². The summed E-state index contributed by atoms with van der Waals surface area (Å²) in [6.07, 6.45) is 3.43. The minimum absolute atomic E-state index is 0.243. The van der Waals surface area contributed by atoms with Crippen LogP contribution in [0.1, 0.15) is 5.56 Å². The monoisotopic (exact) mass is 307 g/mol. The number of rotatable bonds is 4. The molecule has 0 amide bonds. The van der Waals surface area contributed by atoms with Gasteiger partial charge in [0.25, 0.3) is 0 Å². The Morgan fingerprint density at radius 3 is 2.83 bits per heavy atom. The Kier molecular flexibility index (Phi) is 3.27. The van der Waals surface area contributed by atoms with Crippen molar-refractivity contribution in [1.82, 2.24) is 19.7 Å². The molecule has 114 valence electrons.